The molecule has 0 aliphatic carbocycles. The van der Waals surface area contributed by atoms with Crippen LogP contribution in [0.4, 0.5) is 0 Å². The molecule has 0 spiro atoms. The Morgan fingerprint density at radius 1 is 1.11 bits per heavy atom. The molecule has 0 heterocycles. The predicted molar refractivity (Wildman–Crippen MR) is 107 cm³/mol. The molecule has 5 nitrogen and oxygen atoms in total. The van der Waals surface area contributed by atoms with E-state index in [-0.39, 0.29) is 18.2 Å². The molecule has 5 heteroatoms. The Hall–Kier alpha value is -2.66. The summed E-state index contributed by atoms with van der Waals surface area (Å²) in [7, 11) is 3.28. The second-order valence-electron chi connectivity index (χ2n) is 6.66. The van der Waals surface area contributed by atoms with E-state index in [1.165, 1.54) is 0 Å². The van der Waals surface area contributed by atoms with Crippen LogP contribution in [0.15, 0.2) is 48.5 Å². The number of benzene rings is 2. The van der Waals surface area contributed by atoms with Gasteiger partial charge in [-0.15, -0.1) is 0 Å². The summed E-state index contributed by atoms with van der Waals surface area (Å²) in [6.07, 6.45) is 1.51. The fourth-order valence-corrected chi connectivity index (χ4v) is 2.89. The molecule has 0 saturated heterocycles. The monoisotopic (exact) mass is 368 g/mol. The summed E-state index contributed by atoms with van der Waals surface area (Å²) >= 11 is 0. The van der Waals surface area contributed by atoms with Gasteiger partial charge in [0.1, 0.15) is 0 Å². The van der Waals surface area contributed by atoms with Crippen LogP contribution in [-0.4, -0.2) is 42.5 Å². The van der Waals surface area contributed by atoms with Crippen molar-refractivity contribution >= 4 is 11.8 Å². The molecule has 0 aliphatic heterocycles. The predicted octanol–water partition coefficient (Wildman–Crippen LogP) is 3.40. The third kappa shape index (κ3) is 5.66. The first-order chi connectivity index (χ1) is 13.0. The van der Waals surface area contributed by atoms with E-state index in [1.807, 2.05) is 49.4 Å². The molecule has 0 radical (unpaired) electrons. The number of hydrogen-bond acceptors (Lipinski definition) is 3. The molecule has 1 atom stereocenters. The average Bonchev–Trinajstić information content (AvgIpc) is 2.71. The molecular weight excluding hydrogens is 340 g/mol. The van der Waals surface area contributed by atoms with E-state index in [9.17, 15) is 14.7 Å². The van der Waals surface area contributed by atoms with Gasteiger partial charge in [0.2, 0.25) is 5.91 Å². The Bertz CT molecular complexity index is 771. The maximum absolute atomic E-state index is 12.6. The van der Waals surface area contributed by atoms with Crippen LogP contribution in [0.5, 0.6) is 0 Å². The molecule has 2 N–H and O–H groups in total. The van der Waals surface area contributed by atoms with E-state index in [0.29, 0.717) is 12.1 Å². The van der Waals surface area contributed by atoms with Gasteiger partial charge in [-0.1, -0.05) is 49.7 Å². The Morgan fingerprint density at radius 2 is 1.81 bits per heavy atom. The molecule has 0 saturated carbocycles. The second-order valence-corrected chi connectivity index (χ2v) is 6.66. The van der Waals surface area contributed by atoms with Crippen LogP contribution in [0, 0.1) is 0 Å². The van der Waals surface area contributed by atoms with Crippen LogP contribution in [0.25, 0.3) is 11.1 Å². The van der Waals surface area contributed by atoms with Crippen molar-refractivity contribution in [2.24, 2.45) is 0 Å². The van der Waals surface area contributed by atoms with Crippen molar-refractivity contribution in [1.29, 1.82) is 0 Å². The maximum Gasteiger partial charge on any atom is 0.253 e. The van der Waals surface area contributed by atoms with Crippen molar-refractivity contribution in [2.75, 3.05) is 20.6 Å². The number of nitrogens with one attached hydrogen (secondary N) is 1. The highest BCUT2D eigenvalue weighted by molar-refractivity contribution is 5.95. The molecule has 0 aliphatic rings. The molecule has 0 bridgehead atoms. The summed E-state index contributed by atoms with van der Waals surface area (Å²) in [6.45, 7) is 2.42. The van der Waals surface area contributed by atoms with E-state index in [4.69, 9.17) is 0 Å². The van der Waals surface area contributed by atoms with Gasteiger partial charge < -0.3 is 15.3 Å². The number of rotatable bonds is 8. The maximum atomic E-state index is 12.6. The van der Waals surface area contributed by atoms with E-state index < -0.39 is 6.10 Å². The number of carbonyl (C=O) groups is 2. The van der Waals surface area contributed by atoms with Gasteiger partial charge in [-0.3, -0.25) is 9.59 Å². The summed E-state index contributed by atoms with van der Waals surface area (Å²) in [5, 5.41) is 12.6. The standard InChI is InChI=1S/C22H28N2O3/c1-4-6-20(25)17-11-9-16(10-12-17)18-7-5-8-19(15-18)22(27)24(3)14-13-21(26)23-2/h5,7-12,15,20,25H,4,6,13-14H2,1-3H3,(H,23,26). The van der Waals surface area contributed by atoms with E-state index in [0.717, 1.165) is 29.5 Å². The fourth-order valence-electron chi connectivity index (χ4n) is 2.89. The minimum Gasteiger partial charge on any atom is -0.388 e. The van der Waals surface area contributed by atoms with Crippen molar-refractivity contribution < 1.29 is 14.7 Å². The number of aliphatic hydroxyl groups is 1. The van der Waals surface area contributed by atoms with Gasteiger partial charge in [-0.2, -0.15) is 0 Å². The van der Waals surface area contributed by atoms with Crippen molar-refractivity contribution in [3.63, 3.8) is 0 Å². The van der Waals surface area contributed by atoms with E-state index in [1.54, 1.807) is 25.1 Å². The zero-order chi connectivity index (χ0) is 19.8. The lowest BCUT2D eigenvalue weighted by atomic mass is 9.99. The van der Waals surface area contributed by atoms with Gasteiger partial charge >= 0.3 is 0 Å². The number of nitrogens with zero attached hydrogens (tertiary/aromatic N) is 1. The fraction of sp³-hybridized carbons (Fsp3) is 0.364. The molecule has 144 valence electrons. The van der Waals surface area contributed by atoms with Crippen molar-refractivity contribution in [3.05, 3.63) is 59.7 Å². The van der Waals surface area contributed by atoms with E-state index >= 15 is 0 Å². The topological polar surface area (TPSA) is 69.6 Å². The normalized spacial score (nSPS) is 11.7. The first-order valence-corrected chi connectivity index (χ1v) is 9.30. The molecular formula is C22H28N2O3. The second kappa shape index (κ2) is 9.88. The Morgan fingerprint density at radius 3 is 2.44 bits per heavy atom. The van der Waals surface area contributed by atoms with Gasteiger partial charge in [0.15, 0.2) is 0 Å². The highest BCUT2D eigenvalue weighted by Gasteiger charge is 2.14. The smallest absolute Gasteiger partial charge is 0.253 e. The number of amides is 2. The van der Waals surface area contributed by atoms with Gasteiger partial charge in [0.05, 0.1) is 6.10 Å². The van der Waals surface area contributed by atoms with Crippen LogP contribution >= 0.6 is 0 Å². The van der Waals surface area contributed by atoms with Gasteiger partial charge in [0, 0.05) is 32.6 Å². The lowest BCUT2D eigenvalue weighted by molar-refractivity contribution is -0.120. The summed E-state index contributed by atoms with van der Waals surface area (Å²) in [5.74, 6) is -0.204. The van der Waals surface area contributed by atoms with Crippen LogP contribution in [-0.2, 0) is 4.79 Å². The third-order valence-corrected chi connectivity index (χ3v) is 4.60. The van der Waals surface area contributed by atoms with Crippen LogP contribution in [0.1, 0.15) is 48.2 Å². The minimum atomic E-state index is -0.439. The minimum absolute atomic E-state index is 0.0891. The lowest BCUT2D eigenvalue weighted by Crippen LogP contribution is -2.31. The zero-order valence-corrected chi connectivity index (χ0v) is 16.2. The average molecular weight is 368 g/mol. The van der Waals surface area contributed by atoms with Crippen molar-refractivity contribution in [1.82, 2.24) is 10.2 Å². The highest BCUT2D eigenvalue weighted by atomic mass is 16.3. The first kappa shape index (κ1) is 20.6. The van der Waals surface area contributed by atoms with Gasteiger partial charge in [-0.05, 0) is 35.2 Å². The highest BCUT2D eigenvalue weighted by Crippen LogP contribution is 2.25. The molecule has 2 amide bonds. The van der Waals surface area contributed by atoms with Crippen molar-refractivity contribution in [2.45, 2.75) is 32.3 Å². The SMILES string of the molecule is CCCC(O)c1ccc(-c2cccc(C(=O)N(C)CCC(=O)NC)c2)cc1. The number of aliphatic hydroxyl groups excluding tert-OH is 1. The molecule has 27 heavy (non-hydrogen) atoms. The number of hydrogen-bond donors (Lipinski definition) is 2. The van der Waals surface area contributed by atoms with Gasteiger partial charge in [0.25, 0.3) is 5.91 Å². The Kier molecular flexibility index (Phi) is 7.55. The summed E-state index contributed by atoms with van der Waals surface area (Å²) in [5.41, 5.74) is 3.42. The largest absolute Gasteiger partial charge is 0.388 e. The molecule has 1 unspecified atom stereocenters. The van der Waals surface area contributed by atoms with Crippen LogP contribution < -0.4 is 5.32 Å². The molecule has 2 aromatic carbocycles. The van der Waals surface area contributed by atoms with Crippen molar-refractivity contribution in [3.8, 4) is 11.1 Å². The van der Waals surface area contributed by atoms with Crippen LogP contribution in [0.3, 0.4) is 0 Å². The number of carbonyl (C=O) groups excluding carboxylic acids is 2. The quantitative estimate of drug-likeness (QED) is 0.750. The summed E-state index contributed by atoms with van der Waals surface area (Å²) < 4.78 is 0. The Balaban J connectivity index is 2.12. The molecule has 0 fully saturated rings. The Labute approximate surface area is 161 Å². The summed E-state index contributed by atoms with van der Waals surface area (Å²) in [4.78, 5) is 25.5. The van der Waals surface area contributed by atoms with Crippen LogP contribution in [0.2, 0.25) is 0 Å². The lowest BCUT2D eigenvalue weighted by Gasteiger charge is -2.17. The summed E-state index contributed by atoms with van der Waals surface area (Å²) in [6, 6.07) is 15.2. The van der Waals surface area contributed by atoms with Gasteiger partial charge in [-0.25, -0.2) is 0 Å². The zero-order valence-electron chi connectivity index (χ0n) is 16.2. The molecule has 2 aromatic rings. The molecule has 2 rings (SSSR count). The molecule has 0 aromatic heterocycles. The third-order valence-electron chi connectivity index (χ3n) is 4.60. The first-order valence-electron chi connectivity index (χ1n) is 9.30. The van der Waals surface area contributed by atoms with E-state index in [2.05, 4.69) is 5.32 Å².